The Bertz CT molecular complexity index is 707. The largest absolute Gasteiger partial charge is 0.416 e. The van der Waals surface area contributed by atoms with Gasteiger partial charge in [-0.3, -0.25) is 14.6 Å². The lowest BCUT2D eigenvalue weighted by Gasteiger charge is -2.42. The molecule has 1 aromatic rings. The Morgan fingerprint density at radius 1 is 1.26 bits per heavy atom. The van der Waals surface area contributed by atoms with Gasteiger partial charge in [0.2, 0.25) is 5.91 Å². The van der Waals surface area contributed by atoms with Crippen molar-refractivity contribution >= 4 is 11.8 Å². The van der Waals surface area contributed by atoms with Crippen molar-refractivity contribution in [3.63, 3.8) is 0 Å². The van der Waals surface area contributed by atoms with E-state index in [0.29, 0.717) is 24.9 Å². The van der Waals surface area contributed by atoms with E-state index < -0.39 is 11.7 Å². The molecule has 0 aliphatic heterocycles. The van der Waals surface area contributed by atoms with E-state index in [2.05, 4.69) is 14.7 Å². The van der Waals surface area contributed by atoms with E-state index in [1.54, 1.807) is 0 Å². The number of fused-ring (bicyclic) bond motifs is 2. The molecule has 0 spiro atoms. The Hall–Kier alpha value is -2.09. The molecule has 3 N–H and O–H groups in total. The summed E-state index contributed by atoms with van der Waals surface area (Å²) in [7, 11) is 0. The maximum absolute atomic E-state index is 13.1. The maximum Gasteiger partial charge on any atom is 0.416 e. The second-order valence-corrected chi connectivity index (χ2v) is 8.20. The summed E-state index contributed by atoms with van der Waals surface area (Å²) in [5.41, 5.74) is 0.0705. The van der Waals surface area contributed by atoms with Crippen LogP contribution in [0.5, 0.6) is 0 Å². The summed E-state index contributed by atoms with van der Waals surface area (Å²) in [6.07, 6.45) is 5.30. The Kier molecular flexibility index (Phi) is 6.04. The highest BCUT2D eigenvalue weighted by atomic mass is 16.4. The highest BCUT2D eigenvalue weighted by Crippen LogP contribution is 2.43. The van der Waals surface area contributed by atoms with Crippen molar-refractivity contribution < 1.29 is 19.1 Å². The molecule has 150 valence electrons. The fourth-order valence-electron chi connectivity index (χ4n) is 4.65. The number of aromatic nitrogens is 1. The smallest absolute Gasteiger partial charge is 0.416 e. The van der Waals surface area contributed by atoms with E-state index in [0.717, 1.165) is 38.4 Å². The lowest BCUT2D eigenvalue weighted by Crippen LogP contribution is -2.47. The molecule has 1 aromatic heterocycles. The van der Waals surface area contributed by atoms with Gasteiger partial charge in [0.05, 0.1) is 6.10 Å². The lowest BCUT2D eigenvalue weighted by atomic mass is 9.67. The summed E-state index contributed by atoms with van der Waals surface area (Å²) in [6, 6.07) is 0.0375. The Balaban J connectivity index is 1.54. The first-order valence-corrected chi connectivity index (χ1v) is 9.78. The predicted molar refractivity (Wildman–Crippen MR) is 98.1 cm³/mol. The van der Waals surface area contributed by atoms with E-state index in [1.807, 2.05) is 18.7 Å². The first-order valence-electron chi connectivity index (χ1n) is 9.78. The van der Waals surface area contributed by atoms with Crippen LogP contribution >= 0.6 is 0 Å². The van der Waals surface area contributed by atoms with Crippen molar-refractivity contribution in [3.05, 3.63) is 22.5 Å². The van der Waals surface area contributed by atoms with Crippen LogP contribution in [0.1, 0.15) is 56.4 Å². The average molecular weight is 379 g/mol. The van der Waals surface area contributed by atoms with Crippen molar-refractivity contribution in [2.24, 2.45) is 17.8 Å². The zero-order valence-corrected chi connectivity index (χ0v) is 15.9. The number of H-pyrrole nitrogens is 1. The van der Waals surface area contributed by atoms with Crippen molar-refractivity contribution in [1.29, 1.82) is 0 Å². The van der Waals surface area contributed by atoms with Crippen molar-refractivity contribution in [3.8, 4) is 0 Å². The highest BCUT2D eigenvalue weighted by Gasteiger charge is 2.39. The second kappa shape index (κ2) is 8.29. The van der Waals surface area contributed by atoms with Crippen LogP contribution in [0.15, 0.2) is 15.5 Å². The number of nitrogens with zero attached hydrogens (tertiary/aromatic N) is 1. The van der Waals surface area contributed by atoms with Crippen LogP contribution in [0.25, 0.3) is 0 Å². The van der Waals surface area contributed by atoms with Crippen molar-refractivity contribution in [2.75, 3.05) is 13.1 Å². The predicted octanol–water partition coefficient (Wildman–Crippen LogP) is 1.12. The Labute approximate surface area is 158 Å². The maximum atomic E-state index is 13.1. The van der Waals surface area contributed by atoms with Gasteiger partial charge < -0.3 is 19.7 Å². The number of amides is 2. The SMILES string of the molecule is CC(C)N(CCNC(=O)c1coc(=O)[nH]1)C(=O)C1C[C@H]2CC(O)C[C@@H](C1)C2. The van der Waals surface area contributed by atoms with Gasteiger partial charge in [0.15, 0.2) is 0 Å². The van der Waals surface area contributed by atoms with Crippen LogP contribution in [0.4, 0.5) is 0 Å². The molecule has 2 saturated carbocycles. The number of aromatic amines is 1. The molecule has 2 aliphatic carbocycles. The van der Waals surface area contributed by atoms with Crippen LogP contribution in [0.2, 0.25) is 0 Å². The third kappa shape index (κ3) is 4.80. The molecule has 0 aromatic carbocycles. The van der Waals surface area contributed by atoms with Gasteiger partial charge in [0.25, 0.3) is 5.91 Å². The minimum Gasteiger partial charge on any atom is -0.416 e. The number of hydrogen-bond acceptors (Lipinski definition) is 5. The van der Waals surface area contributed by atoms with Gasteiger partial charge in [0, 0.05) is 25.0 Å². The number of carbonyl (C=O) groups excluding carboxylic acids is 2. The van der Waals surface area contributed by atoms with E-state index in [9.17, 15) is 19.5 Å². The summed E-state index contributed by atoms with van der Waals surface area (Å²) >= 11 is 0. The first-order chi connectivity index (χ1) is 12.8. The molecule has 8 heteroatoms. The summed E-state index contributed by atoms with van der Waals surface area (Å²) in [5, 5.41) is 12.6. The Morgan fingerprint density at radius 3 is 2.48 bits per heavy atom. The van der Waals surface area contributed by atoms with Crippen LogP contribution < -0.4 is 11.1 Å². The van der Waals surface area contributed by atoms with E-state index in [4.69, 9.17) is 0 Å². The fraction of sp³-hybridized carbons (Fsp3) is 0.737. The summed E-state index contributed by atoms with van der Waals surface area (Å²) in [4.78, 5) is 40.1. The third-order valence-electron chi connectivity index (χ3n) is 5.77. The zero-order valence-electron chi connectivity index (χ0n) is 15.9. The normalized spacial score (nSPS) is 27.4. The summed E-state index contributed by atoms with van der Waals surface area (Å²) in [6.45, 7) is 4.66. The van der Waals surface area contributed by atoms with Gasteiger partial charge in [-0.1, -0.05) is 0 Å². The van der Waals surface area contributed by atoms with E-state index in [1.165, 1.54) is 0 Å². The number of oxazole rings is 1. The highest BCUT2D eigenvalue weighted by molar-refractivity contribution is 5.91. The minimum absolute atomic E-state index is 0.00424. The fourth-order valence-corrected chi connectivity index (χ4v) is 4.65. The molecule has 0 saturated heterocycles. The number of aliphatic hydroxyl groups is 1. The van der Waals surface area contributed by atoms with Gasteiger partial charge in [-0.15, -0.1) is 0 Å². The van der Waals surface area contributed by atoms with Crippen LogP contribution in [-0.2, 0) is 4.79 Å². The van der Waals surface area contributed by atoms with Gasteiger partial charge in [0.1, 0.15) is 12.0 Å². The standard InChI is InChI=1S/C19H29N3O5/c1-11(2)22(4-3-20-17(24)16-10-27-19(26)21-16)18(25)14-6-12-5-13(7-14)9-15(23)8-12/h10-15,23H,3-9H2,1-2H3,(H,20,24)(H,21,26)/t12-,13+,14?,15?. The van der Waals surface area contributed by atoms with Crippen LogP contribution in [0, 0.1) is 17.8 Å². The van der Waals surface area contributed by atoms with Gasteiger partial charge in [-0.25, -0.2) is 4.79 Å². The molecule has 8 nitrogen and oxygen atoms in total. The molecule has 2 fully saturated rings. The zero-order chi connectivity index (χ0) is 19.6. The topological polar surface area (TPSA) is 116 Å². The Morgan fingerprint density at radius 2 is 1.93 bits per heavy atom. The molecule has 0 radical (unpaired) electrons. The molecule has 2 amide bonds. The van der Waals surface area contributed by atoms with Gasteiger partial charge in [-0.2, -0.15) is 0 Å². The molecule has 2 unspecified atom stereocenters. The van der Waals surface area contributed by atoms with Gasteiger partial charge >= 0.3 is 5.76 Å². The molecule has 2 bridgehead atoms. The van der Waals surface area contributed by atoms with Crippen molar-refractivity contribution in [1.82, 2.24) is 15.2 Å². The molecule has 27 heavy (non-hydrogen) atoms. The number of aliphatic hydroxyl groups excluding tert-OH is 1. The second-order valence-electron chi connectivity index (χ2n) is 8.20. The van der Waals surface area contributed by atoms with Gasteiger partial charge in [-0.05, 0) is 57.8 Å². The van der Waals surface area contributed by atoms with Crippen LogP contribution in [-0.4, -0.2) is 52.0 Å². The number of hydrogen-bond donors (Lipinski definition) is 3. The molecular formula is C19H29N3O5. The quantitative estimate of drug-likeness (QED) is 0.685. The molecule has 4 atom stereocenters. The lowest BCUT2D eigenvalue weighted by molar-refractivity contribution is -0.140. The molecule has 3 rings (SSSR count). The van der Waals surface area contributed by atoms with E-state index >= 15 is 0 Å². The molecule has 2 aliphatic rings. The summed E-state index contributed by atoms with van der Waals surface area (Å²) < 4.78 is 4.56. The first kappa shape index (κ1) is 19.7. The average Bonchev–Trinajstić information content (AvgIpc) is 3.03. The summed E-state index contributed by atoms with van der Waals surface area (Å²) in [5.74, 6) is -0.0851. The minimum atomic E-state index is -0.674. The van der Waals surface area contributed by atoms with Crippen molar-refractivity contribution in [2.45, 2.75) is 58.1 Å². The number of nitrogens with one attached hydrogen (secondary N) is 2. The number of rotatable bonds is 6. The van der Waals surface area contributed by atoms with Crippen LogP contribution in [0.3, 0.4) is 0 Å². The monoisotopic (exact) mass is 379 g/mol. The number of carbonyl (C=O) groups is 2. The molecule has 1 heterocycles. The third-order valence-corrected chi connectivity index (χ3v) is 5.77. The molecular weight excluding hydrogens is 350 g/mol. The van der Waals surface area contributed by atoms with E-state index in [-0.39, 0.29) is 29.7 Å².